The Morgan fingerprint density at radius 3 is 1.56 bits per heavy atom. The molecule has 8 aromatic carbocycles. The molecule has 4 heteroatoms. The molecule has 0 aliphatic heterocycles. The van der Waals surface area contributed by atoms with E-state index >= 15 is 0 Å². The fourth-order valence-corrected chi connectivity index (χ4v) is 9.66. The lowest BCUT2D eigenvalue weighted by molar-refractivity contribution is 0.661. The number of hydrogen-bond acceptors (Lipinski definition) is 2. The van der Waals surface area contributed by atoms with Crippen molar-refractivity contribution in [2.45, 2.75) is 19.3 Å². The number of fused-ring (bicyclic) bond motifs is 9. The third kappa shape index (κ3) is 5.09. The second-order valence-corrected chi connectivity index (χ2v) is 16.2. The summed E-state index contributed by atoms with van der Waals surface area (Å²) < 4.78 is 4.67. The molecule has 0 radical (unpaired) electrons. The molecule has 1 aliphatic carbocycles. The highest BCUT2D eigenvalue weighted by atomic mass is 15.2. The van der Waals surface area contributed by atoms with Crippen LogP contribution in [0.2, 0.25) is 0 Å². The Kier molecular flexibility index (Phi) is 7.24. The average Bonchev–Trinajstić information content (AvgIpc) is 3.88. The van der Waals surface area contributed by atoms with Gasteiger partial charge in [0.25, 0.3) is 0 Å². The Labute approximate surface area is 342 Å². The van der Waals surface area contributed by atoms with E-state index in [4.69, 9.17) is 9.97 Å². The van der Waals surface area contributed by atoms with Gasteiger partial charge in [0.15, 0.2) is 0 Å². The number of benzene rings is 8. The molecule has 0 N–H and O–H groups in total. The molecule has 59 heavy (non-hydrogen) atoms. The van der Waals surface area contributed by atoms with Gasteiger partial charge >= 0.3 is 0 Å². The van der Waals surface area contributed by atoms with Crippen molar-refractivity contribution < 1.29 is 0 Å². The lowest BCUT2D eigenvalue weighted by Crippen LogP contribution is -2.14. The smallest absolute Gasteiger partial charge is 0.235 e. The topological polar surface area (TPSA) is 35.6 Å². The molecule has 0 spiro atoms. The molecule has 0 atom stereocenters. The molecular weight excluding hydrogens is 717 g/mol. The zero-order valence-electron chi connectivity index (χ0n) is 32.8. The van der Waals surface area contributed by atoms with Crippen LogP contribution in [-0.4, -0.2) is 19.1 Å². The lowest BCUT2D eigenvalue weighted by atomic mass is 9.82. The van der Waals surface area contributed by atoms with E-state index in [1.54, 1.807) is 0 Å². The Hall–Kier alpha value is -7.56. The van der Waals surface area contributed by atoms with E-state index in [0.717, 1.165) is 50.0 Å². The molecule has 0 bridgehead atoms. The van der Waals surface area contributed by atoms with Crippen LogP contribution >= 0.6 is 0 Å². The largest absolute Gasteiger partial charge is 0.309 e. The van der Waals surface area contributed by atoms with Crippen LogP contribution in [0.1, 0.15) is 25.0 Å². The van der Waals surface area contributed by atoms with Gasteiger partial charge in [0.05, 0.1) is 33.5 Å². The minimum atomic E-state index is -0.0884. The van der Waals surface area contributed by atoms with Gasteiger partial charge in [0, 0.05) is 43.8 Å². The van der Waals surface area contributed by atoms with E-state index in [-0.39, 0.29) is 5.41 Å². The van der Waals surface area contributed by atoms with Gasteiger partial charge in [-0.2, -0.15) is 0 Å². The average molecular weight is 755 g/mol. The van der Waals surface area contributed by atoms with Crippen LogP contribution in [0.3, 0.4) is 0 Å². The fourth-order valence-electron chi connectivity index (χ4n) is 9.66. The van der Waals surface area contributed by atoms with E-state index in [2.05, 4.69) is 205 Å². The van der Waals surface area contributed by atoms with Gasteiger partial charge in [-0.1, -0.05) is 147 Å². The number of para-hydroxylation sites is 2. The first kappa shape index (κ1) is 33.6. The molecule has 11 aromatic rings. The predicted octanol–water partition coefficient (Wildman–Crippen LogP) is 14.0. The maximum absolute atomic E-state index is 5.24. The lowest BCUT2D eigenvalue weighted by Gasteiger charge is -2.21. The van der Waals surface area contributed by atoms with Gasteiger partial charge in [0.1, 0.15) is 0 Å². The molecule has 1 aliphatic rings. The van der Waals surface area contributed by atoms with Crippen LogP contribution in [0.25, 0.3) is 100 Å². The molecule has 0 fully saturated rings. The van der Waals surface area contributed by atoms with Gasteiger partial charge in [-0.05, 0) is 94.0 Å². The van der Waals surface area contributed by atoms with Crippen molar-refractivity contribution in [2.75, 3.05) is 0 Å². The number of aromatic nitrogens is 4. The van der Waals surface area contributed by atoms with Crippen molar-refractivity contribution in [1.82, 2.24) is 19.1 Å². The monoisotopic (exact) mass is 754 g/mol. The van der Waals surface area contributed by atoms with Crippen LogP contribution in [-0.2, 0) is 5.41 Å². The predicted molar refractivity (Wildman–Crippen MR) is 245 cm³/mol. The van der Waals surface area contributed by atoms with Gasteiger partial charge < -0.3 is 4.57 Å². The summed E-state index contributed by atoms with van der Waals surface area (Å²) in [6, 6.07) is 69.9. The van der Waals surface area contributed by atoms with Gasteiger partial charge in [-0.3, -0.25) is 4.57 Å². The quantitative estimate of drug-likeness (QED) is 0.175. The first-order valence-electron chi connectivity index (χ1n) is 20.3. The van der Waals surface area contributed by atoms with Crippen LogP contribution in [0, 0.1) is 0 Å². The maximum atomic E-state index is 5.24. The van der Waals surface area contributed by atoms with Gasteiger partial charge in [0.2, 0.25) is 5.95 Å². The third-order valence-corrected chi connectivity index (χ3v) is 12.5. The molecule has 0 saturated heterocycles. The summed E-state index contributed by atoms with van der Waals surface area (Å²) in [6.45, 7) is 4.72. The van der Waals surface area contributed by atoms with E-state index in [9.17, 15) is 0 Å². The summed E-state index contributed by atoms with van der Waals surface area (Å²) in [5.74, 6) is 0.650. The Bertz CT molecular complexity index is 3390. The fraction of sp³-hybridized carbons (Fsp3) is 0.0545. The molecule has 0 amide bonds. The zero-order valence-corrected chi connectivity index (χ0v) is 32.8. The van der Waals surface area contributed by atoms with Crippen molar-refractivity contribution >= 4 is 43.6 Å². The van der Waals surface area contributed by atoms with E-state index in [0.29, 0.717) is 5.95 Å². The third-order valence-electron chi connectivity index (χ3n) is 12.5. The number of rotatable bonds is 5. The molecular formula is C55H38N4. The Morgan fingerprint density at radius 2 is 0.881 bits per heavy atom. The SMILES string of the molecule is CC1(C)c2ccccc2-c2cc3c4cc(-c5ccc6c(c5)c5ccccc5n6-c5nc(-c6ccccc6)cc(-c6ccccc6)n5)ccc4n(-c4ccccc4)c3cc21. The summed E-state index contributed by atoms with van der Waals surface area (Å²) in [4.78, 5) is 10.5. The molecule has 12 rings (SSSR count). The second kappa shape index (κ2) is 12.7. The van der Waals surface area contributed by atoms with Crippen molar-refractivity contribution in [3.63, 3.8) is 0 Å². The van der Waals surface area contributed by atoms with Crippen LogP contribution in [0.4, 0.5) is 0 Å². The van der Waals surface area contributed by atoms with E-state index < -0.39 is 0 Å². The van der Waals surface area contributed by atoms with Gasteiger partial charge in [-0.25, -0.2) is 9.97 Å². The van der Waals surface area contributed by atoms with E-state index in [1.807, 2.05) is 12.1 Å². The van der Waals surface area contributed by atoms with Crippen molar-refractivity contribution in [3.8, 4) is 56.4 Å². The first-order valence-corrected chi connectivity index (χ1v) is 20.3. The standard InChI is InChI=1S/C55H38N4/c1-55(2)46-24-14-12-22-40(46)42-32-45-44-31-38(26-28-51(44)58(53(45)33-47(42)55)39-20-10-5-11-21-39)37-27-29-52-43(30-37)41-23-13-15-25-50(41)59(52)54-56-48(35-16-6-3-7-17-35)34-49(57-54)36-18-8-4-9-19-36/h3-34H,1-2H3. The molecule has 3 heterocycles. The van der Waals surface area contributed by atoms with E-state index in [1.165, 1.54) is 55.2 Å². The molecule has 4 nitrogen and oxygen atoms in total. The minimum absolute atomic E-state index is 0.0884. The van der Waals surface area contributed by atoms with Crippen molar-refractivity contribution in [2.24, 2.45) is 0 Å². The zero-order chi connectivity index (χ0) is 39.2. The highest BCUT2D eigenvalue weighted by Gasteiger charge is 2.36. The van der Waals surface area contributed by atoms with Crippen molar-refractivity contribution in [1.29, 1.82) is 0 Å². The van der Waals surface area contributed by atoms with Crippen LogP contribution in [0.15, 0.2) is 194 Å². The highest BCUT2D eigenvalue weighted by Crippen LogP contribution is 2.51. The first-order chi connectivity index (χ1) is 29.0. The summed E-state index contributed by atoms with van der Waals surface area (Å²) in [5.41, 5.74) is 17.3. The van der Waals surface area contributed by atoms with Gasteiger partial charge in [-0.15, -0.1) is 0 Å². The number of hydrogen-bond donors (Lipinski definition) is 0. The van der Waals surface area contributed by atoms with Crippen molar-refractivity contribution in [3.05, 3.63) is 205 Å². The highest BCUT2D eigenvalue weighted by molar-refractivity contribution is 6.14. The molecule has 0 saturated carbocycles. The summed E-state index contributed by atoms with van der Waals surface area (Å²) in [7, 11) is 0. The maximum Gasteiger partial charge on any atom is 0.235 e. The summed E-state index contributed by atoms with van der Waals surface area (Å²) in [6.07, 6.45) is 0. The molecule has 0 unspecified atom stereocenters. The summed E-state index contributed by atoms with van der Waals surface area (Å²) in [5, 5.41) is 4.84. The second-order valence-electron chi connectivity index (χ2n) is 16.2. The molecule has 3 aromatic heterocycles. The Morgan fingerprint density at radius 1 is 0.356 bits per heavy atom. The minimum Gasteiger partial charge on any atom is -0.309 e. The normalized spacial score (nSPS) is 13.1. The van der Waals surface area contributed by atoms with Crippen LogP contribution < -0.4 is 0 Å². The Balaban J connectivity index is 1.06. The summed E-state index contributed by atoms with van der Waals surface area (Å²) >= 11 is 0. The van der Waals surface area contributed by atoms with Crippen LogP contribution in [0.5, 0.6) is 0 Å². The number of nitrogens with zero attached hydrogens (tertiary/aromatic N) is 4. The molecule has 278 valence electrons.